The zero-order valence-electron chi connectivity index (χ0n) is 11.5. The summed E-state index contributed by atoms with van der Waals surface area (Å²) in [7, 11) is 0. The molecule has 5 nitrogen and oxygen atoms in total. The zero-order valence-corrected chi connectivity index (χ0v) is 11.5. The standard InChI is InChI=1S/C15H17NO4/c1-9-6-16(7-10(2)19-9)8-14-15(18)12-4-3-11(17)5-13(12)20-14/h3-5,8-10,17H,6-7H2,1-2H3/b14-8-/t9-,10-/m1/s1. The number of benzene rings is 1. The summed E-state index contributed by atoms with van der Waals surface area (Å²) in [5.74, 6) is 0.653. The van der Waals surface area contributed by atoms with Crippen molar-refractivity contribution in [3.05, 3.63) is 35.7 Å². The minimum Gasteiger partial charge on any atom is -0.508 e. The van der Waals surface area contributed by atoms with Gasteiger partial charge in [-0.15, -0.1) is 0 Å². The summed E-state index contributed by atoms with van der Waals surface area (Å²) in [6.07, 6.45) is 1.99. The monoisotopic (exact) mass is 275 g/mol. The lowest BCUT2D eigenvalue weighted by molar-refractivity contribution is -0.0546. The van der Waals surface area contributed by atoms with Gasteiger partial charge in [0, 0.05) is 25.4 Å². The van der Waals surface area contributed by atoms with E-state index in [4.69, 9.17) is 9.47 Å². The maximum absolute atomic E-state index is 12.2. The topological polar surface area (TPSA) is 59.0 Å². The van der Waals surface area contributed by atoms with E-state index < -0.39 is 0 Å². The Kier molecular flexibility index (Phi) is 3.14. The Balaban J connectivity index is 1.82. The molecule has 0 spiro atoms. The summed E-state index contributed by atoms with van der Waals surface area (Å²) >= 11 is 0. The molecule has 0 saturated carbocycles. The molecule has 2 heterocycles. The molecule has 1 N–H and O–H groups in total. The summed E-state index contributed by atoms with van der Waals surface area (Å²) in [5, 5.41) is 9.42. The fraction of sp³-hybridized carbons (Fsp3) is 0.400. The molecule has 0 radical (unpaired) electrons. The van der Waals surface area contributed by atoms with Gasteiger partial charge in [0.25, 0.3) is 0 Å². The first-order valence-corrected chi connectivity index (χ1v) is 6.70. The largest absolute Gasteiger partial charge is 0.508 e. The molecule has 0 bridgehead atoms. The van der Waals surface area contributed by atoms with Crippen molar-refractivity contribution in [3.63, 3.8) is 0 Å². The van der Waals surface area contributed by atoms with E-state index >= 15 is 0 Å². The van der Waals surface area contributed by atoms with Gasteiger partial charge in [-0.25, -0.2) is 0 Å². The number of nitrogens with zero attached hydrogens (tertiary/aromatic N) is 1. The van der Waals surface area contributed by atoms with Crippen molar-refractivity contribution < 1.29 is 19.4 Å². The number of fused-ring (bicyclic) bond motifs is 1. The van der Waals surface area contributed by atoms with Crippen LogP contribution in [0.15, 0.2) is 30.2 Å². The van der Waals surface area contributed by atoms with Crippen molar-refractivity contribution in [1.29, 1.82) is 0 Å². The van der Waals surface area contributed by atoms with Crippen LogP contribution in [0.4, 0.5) is 0 Å². The average molecular weight is 275 g/mol. The predicted octanol–water partition coefficient (Wildman–Crippen LogP) is 1.92. The lowest BCUT2D eigenvalue weighted by Gasteiger charge is -2.34. The lowest BCUT2D eigenvalue weighted by Crippen LogP contribution is -2.43. The van der Waals surface area contributed by atoms with Crippen LogP contribution >= 0.6 is 0 Å². The third-order valence-corrected chi connectivity index (χ3v) is 3.40. The second-order valence-corrected chi connectivity index (χ2v) is 5.32. The smallest absolute Gasteiger partial charge is 0.233 e. The molecule has 5 heteroatoms. The number of phenols is 1. The molecule has 1 aromatic carbocycles. The Morgan fingerprint density at radius 1 is 1.30 bits per heavy atom. The van der Waals surface area contributed by atoms with E-state index in [1.54, 1.807) is 12.3 Å². The van der Waals surface area contributed by atoms with E-state index in [9.17, 15) is 9.90 Å². The highest BCUT2D eigenvalue weighted by molar-refractivity contribution is 6.12. The van der Waals surface area contributed by atoms with Crippen molar-refractivity contribution in [3.8, 4) is 11.5 Å². The molecular weight excluding hydrogens is 258 g/mol. The van der Waals surface area contributed by atoms with Crippen LogP contribution in [-0.2, 0) is 4.74 Å². The van der Waals surface area contributed by atoms with Gasteiger partial charge in [0.15, 0.2) is 5.76 Å². The molecule has 2 aliphatic heterocycles. The van der Waals surface area contributed by atoms with Gasteiger partial charge in [0.1, 0.15) is 11.5 Å². The van der Waals surface area contributed by atoms with Crippen molar-refractivity contribution in [1.82, 2.24) is 4.90 Å². The van der Waals surface area contributed by atoms with E-state index in [1.807, 2.05) is 18.7 Å². The number of Topliss-reactive ketones (excluding diaryl/α,β-unsaturated/α-hetero) is 1. The molecule has 2 atom stereocenters. The molecule has 1 aromatic rings. The minimum atomic E-state index is -0.146. The van der Waals surface area contributed by atoms with Crippen LogP contribution in [0.25, 0.3) is 0 Å². The molecule has 20 heavy (non-hydrogen) atoms. The predicted molar refractivity (Wildman–Crippen MR) is 72.7 cm³/mol. The number of ketones is 1. The summed E-state index contributed by atoms with van der Waals surface area (Å²) < 4.78 is 11.2. The third kappa shape index (κ3) is 2.36. The zero-order chi connectivity index (χ0) is 14.3. The Morgan fingerprint density at radius 2 is 2.00 bits per heavy atom. The molecule has 3 rings (SSSR count). The maximum atomic E-state index is 12.2. The Morgan fingerprint density at radius 3 is 2.70 bits per heavy atom. The number of rotatable bonds is 1. The van der Waals surface area contributed by atoms with Crippen LogP contribution in [0.5, 0.6) is 11.5 Å². The number of carbonyl (C=O) groups excluding carboxylic acids is 1. The maximum Gasteiger partial charge on any atom is 0.233 e. The third-order valence-electron chi connectivity index (χ3n) is 3.40. The number of allylic oxidation sites excluding steroid dienone is 1. The lowest BCUT2D eigenvalue weighted by atomic mass is 10.1. The number of ether oxygens (including phenoxy) is 2. The van der Waals surface area contributed by atoms with Gasteiger partial charge in [-0.2, -0.15) is 0 Å². The number of phenolic OH excluding ortho intramolecular Hbond substituents is 1. The number of hydrogen-bond acceptors (Lipinski definition) is 5. The molecule has 1 saturated heterocycles. The highest BCUT2D eigenvalue weighted by Crippen LogP contribution is 2.33. The summed E-state index contributed by atoms with van der Waals surface area (Å²) in [4.78, 5) is 14.3. The van der Waals surface area contributed by atoms with Crippen LogP contribution in [0.1, 0.15) is 24.2 Å². The highest BCUT2D eigenvalue weighted by atomic mass is 16.5. The van der Waals surface area contributed by atoms with Crippen molar-refractivity contribution in [2.45, 2.75) is 26.1 Å². The van der Waals surface area contributed by atoms with Gasteiger partial charge < -0.3 is 19.5 Å². The van der Waals surface area contributed by atoms with Gasteiger partial charge in [-0.05, 0) is 26.0 Å². The van der Waals surface area contributed by atoms with Gasteiger partial charge >= 0.3 is 0 Å². The van der Waals surface area contributed by atoms with E-state index in [-0.39, 0.29) is 23.7 Å². The van der Waals surface area contributed by atoms with Crippen molar-refractivity contribution in [2.75, 3.05) is 13.1 Å². The van der Waals surface area contributed by atoms with Crippen LogP contribution in [0.3, 0.4) is 0 Å². The summed E-state index contributed by atoms with van der Waals surface area (Å²) in [5.41, 5.74) is 0.489. The Labute approximate surface area is 117 Å². The first-order chi connectivity index (χ1) is 9.52. The molecule has 1 fully saturated rings. The summed E-state index contributed by atoms with van der Waals surface area (Å²) in [6.45, 7) is 5.47. The number of carbonyl (C=O) groups is 1. The molecule has 0 aromatic heterocycles. The Bertz CT molecular complexity index is 571. The molecule has 0 aliphatic carbocycles. The number of aromatic hydroxyl groups is 1. The van der Waals surface area contributed by atoms with Gasteiger partial charge in [0.05, 0.1) is 17.8 Å². The van der Waals surface area contributed by atoms with Crippen LogP contribution in [-0.4, -0.2) is 41.1 Å². The van der Waals surface area contributed by atoms with E-state index in [0.717, 1.165) is 13.1 Å². The second-order valence-electron chi connectivity index (χ2n) is 5.32. The average Bonchev–Trinajstić information content (AvgIpc) is 2.64. The highest BCUT2D eigenvalue weighted by Gasteiger charge is 2.29. The summed E-state index contributed by atoms with van der Waals surface area (Å²) in [6, 6.07) is 4.53. The van der Waals surface area contributed by atoms with E-state index in [1.165, 1.54) is 12.1 Å². The number of morpholine rings is 1. The van der Waals surface area contributed by atoms with Gasteiger partial charge in [-0.3, -0.25) is 4.79 Å². The molecule has 0 unspecified atom stereocenters. The normalized spacial score (nSPS) is 27.6. The van der Waals surface area contributed by atoms with Gasteiger partial charge in [0.2, 0.25) is 5.78 Å². The van der Waals surface area contributed by atoms with Crippen LogP contribution in [0.2, 0.25) is 0 Å². The van der Waals surface area contributed by atoms with E-state index in [2.05, 4.69) is 0 Å². The van der Waals surface area contributed by atoms with Crippen LogP contribution < -0.4 is 4.74 Å². The molecule has 106 valence electrons. The van der Waals surface area contributed by atoms with Crippen LogP contribution in [0, 0.1) is 0 Å². The molecule has 0 amide bonds. The SMILES string of the molecule is C[C@@H]1CN(/C=C2\Oc3cc(O)ccc3C2=O)C[C@@H](C)O1. The fourth-order valence-corrected chi connectivity index (χ4v) is 2.65. The quantitative estimate of drug-likeness (QED) is 0.793. The molecular formula is C15H17NO4. The fourth-order valence-electron chi connectivity index (χ4n) is 2.65. The van der Waals surface area contributed by atoms with Gasteiger partial charge in [-0.1, -0.05) is 0 Å². The second kappa shape index (κ2) is 4.83. The molecule has 2 aliphatic rings. The van der Waals surface area contributed by atoms with E-state index in [0.29, 0.717) is 17.1 Å². The first kappa shape index (κ1) is 13.0. The minimum absolute atomic E-state index is 0.0893. The van der Waals surface area contributed by atoms with Crippen molar-refractivity contribution >= 4 is 5.78 Å². The number of hydrogen-bond donors (Lipinski definition) is 1. The van der Waals surface area contributed by atoms with Crippen molar-refractivity contribution in [2.24, 2.45) is 0 Å². The Hall–Kier alpha value is -2.01. The first-order valence-electron chi connectivity index (χ1n) is 6.70.